The molecule has 12 heavy (non-hydrogen) atoms. The molecule has 4 heteroatoms. The molecule has 1 aliphatic rings. The van der Waals surface area contributed by atoms with Gasteiger partial charge in [0.2, 0.25) is 0 Å². The van der Waals surface area contributed by atoms with Crippen LogP contribution in [0.3, 0.4) is 0 Å². The predicted octanol–water partition coefficient (Wildman–Crippen LogP) is 0.893. The van der Waals surface area contributed by atoms with Gasteiger partial charge in [-0.05, 0) is 20.3 Å². The molecule has 1 saturated heterocycles. The van der Waals surface area contributed by atoms with Gasteiger partial charge in [-0.3, -0.25) is 9.69 Å². The van der Waals surface area contributed by atoms with Gasteiger partial charge in [-0.25, -0.2) is 4.39 Å². The maximum atomic E-state index is 13.3. The average molecular weight is 175 g/mol. The van der Waals surface area contributed by atoms with Crippen molar-refractivity contribution in [3.8, 4) is 0 Å². The highest BCUT2D eigenvalue weighted by Crippen LogP contribution is 2.25. The molecule has 0 aliphatic carbocycles. The first-order valence-corrected chi connectivity index (χ1v) is 4.08. The Hall–Kier alpha value is -0.640. The summed E-state index contributed by atoms with van der Waals surface area (Å²) in [5, 5.41) is 8.65. The number of hydrogen-bond acceptors (Lipinski definition) is 2. The summed E-state index contributed by atoms with van der Waals surface area (Å²) in [5.74, 6) is -0.882. The maximum absolute atomic E-state index is 13.3. The molecule has 3 nitrogen and oxygen atoms in total. The van der Waals surface area contributed by atoms with Crippen molar-refractivity contribution in [1.29, 1.82) is 0 Å². The zero-order valence-electron chi connectivity index (χ0n) is 7.38. The normalized spacial score (nSPS) is 33.6. The molecule has 1 rings (SSSR count). The maximum Gasteiger partial charge on any atom is 0.320 e. The molecule has 0 amide bonds. The Morgan fingerprint density at radius 1 is 1.75 bits per heavy atom. The molecular weight excluding hydrogens is 161 g/mol. The number of carboxylic acid groups (broad SMARTS) is 1. The first-order chi connectivity index (χ1) is 5.42. The van der Waals surface area contributed by atoms with Crippen molar-refractivity contribution in [2.45, 2.75) is 32.0 Å². The van der Waals surface area contributed by atoms with E-state index in [1.54, 1.807) is 11.8 Å². The van der Waals surface area contributed by atoms with Gasteiger partial charge in [0.05, 0.1) is 0 Å². The van der Waals surface area contributed by atoms with Gasteiger partial charge in [0.25, 0.3) is 0 Å². The van der Waals surface area contributed by atoms with E-state index in [2.05, 4.69) is 0 Å². The van der Waals surface area contributed by atoms with E-state index in [0.29, 0.717) is 13.0 Å². The topological polar surface area (TPSA) is 40.5 Å². The minimum atomic E-state index is -1.20. The second-order valence-electron chi connectivity index (χ2n) is 3.65. The zero-order valence-corrected chi connectivity index (χ0v) is 7.38. The van der Waals surface area contributed by atoms with Crippen molar-refractivity contribution >= 4 is 5.97 Å². The molecule has 0 bridgehead atoms. The first-order valence-electron chi connectivity index (χ1n) is 4.08. The monoisotopic (exact) mass is 175 g/mol. The molecule has 0 aromatic carbocycles. The number of rotatable bonds is 2. The van der Waals surface area contributed by atoms with Crippen molar-refractivity contribution in [2.75, 3.05) is 13.1 Å². The van der Waals surface area contributed by atoms with E-state index in [9.17, 15) is 9.18 Å². The largest absolute Gasteiger partial charge is 0.480 e. The molecule has 2 atom stereocenters. The van der Waals surface area contributed by atoms with E-state index >= 15 is 0 Å². The highest BCUT2D eigenvalue weighted by molar-refractivity contribution is 5.72. The van der Waals surface area contributed by atoms with Crippen LogP contribution in [0, 0.1) is 0 Å². The van der Waals surface area contributed by atoms with Crippen LogP contribution in [0.15, 0.2) is 0 Å². The highest BCUT2D eigenvalue weighted by Gasteiger charge is 2.37. The smallest absolute Gasteiger partial charge is 0.320 e. The lowest BCUT2D eigenvalue weighted by molar-refractivity contribution is -0.142. The Morgan fingerprint density at radius 3 is 2.67 bits per heavy atom. The highest BCUT2D eigenvalue weighted by atomic mass is 19.1. The third-order valence-electron chi connectivity index (χ3n) is 2.36. The number of carboxylic acids is 1. The van der Waals surface area contributed by atoms with Crippen LogP contribution in [0.25, 0.3) is 0 Å². The number of carbonyl (C=O) groups is 1. The van der Waals surface area contributed by atoms with Crippen molar-refractivity contribution in [3.05, 3.63) is 0 Å². The van der Waals surface area contributed by atoms with Crippen LogP contribution >= 0.6 is 0 Å². The number of aliphatic carboxylic acids is 1. The molecule has 1 heterocycles. The Balaban J connectivity index is 2.52. The Bertz CT molecular complexity index is 193. The van der Waals surface area contributed by atoms with Gasteiger partial charge in [0.15, 0.2) is 0 Å². The molecule has 2 unspecified atom stereocenters. The summed E-state index contributed by atoms with van der Waals surface area (Å²) >= 11 is 0. The zero-order chi connectivity index (χ0) is 9.35. The van der Waals surface area contributed by atoms with Crippen LogP contribution in [-0.4, -0.2) is 40.8 Å². The fourth-order valence-corrected chi connectivity index (χ4v) is 1.45. The van der Waals surface area contributed by atoms with Gasteiger partial charge in [0.1, 0.15) is 11.7 Å². The fraction of sp³-hybridized carbons (Fsp3) is 0.875. The second kappa shape index (κ2) is 3.01. The molecule has 70 valence electrons. The van der Waals surface area contributed by atoms with E-state index < -0.39 is 17.7 Å². The minimum absolute atomic E-state index is 0.237. The van der Waals surface area contributed by atoms with Crippen molar-refractivity contribution in [1.82, 2.24) is 4.90 Å². The summed E-state index contributed by atoms with van der Waals surface area (Å²) < 4.78 is 13.3. The van der Waals surface area contributed by atoms with Crippen molar-refractivity contribution in [2.24, 2.45) is 0 Å². The van der Waals surface area contributed by atoms with Gasteiger partial charge in [-0.15, -0.1) is 0 Å². The van der Waals surface area contributed by atoms with Crippen LogP contribution in [0.4, 0.5) is 4.39 Å². The third-order valence-corrected chi connectivity index (χ3v) is 2.36. The van der Waals surface area contributed by atoms with Crippen molar-refractivity contribution in [3.63, 3.8) is 0 Å². The molecule has 0 spiro atoms. The number of likely N-dealkylation sites (tertiary alicyclic amines) is 1. The Morgan fingerprint density at radius 2 is 2.33 bits per heavy atom. The van der Waals surface area contributed by atoms with E-state index in [4.69, 9.17) is 5.11 Å². The second-order valence-corrected chi connectivity index (χ2v) is 3.65. The molecule has 1 N–H and O–H groups in total. The Labute approximate surface area is 71.2 Å². The predicted molar refractivity (Wildman–Crippen MR) is 42.8 cm³/mol. The SMILES string of the molecule is CC(C(=O)O)N1CCC(C)(F)C1. The van der Waals surface area contributed by atoms with Gasteiger partial charge in [-0.1, -0.05) is 0 Å². The van der Waals surface area contributed by atoms with Gasteiger partial charge < -0.3 is 5.11 Å². The molecule has 0 aromatic rings. The number of alkyl halides is 1. The summed E-state index contributed by atoms with van der Waals surface area (Å²) in [7, 11) is 0. The van der Waals surface area contributed by atoms with E-state index in [1.807, 2.05) is 0 Å². The number of nitrogens with zero attached hydrogens (tertiary/aromatic N) is 1. The summed E-state index contributed by atoms with van der Waals surface area (Å²) in [6, 6.07) is -0.567. The summed E-state index contributed by atoms with van der Waals surface area (Å²) in [6.07, 6.45) is 0.435. The fourth-order valence-electron chi connectivity index (χ4n) is 1.45. The van der Waals surface area contributed by atoms with Gasteiger partial charge in [0, 0.05) is 13.1 Å². The van der Waals surface area contributed by atoms with E-state index in [1.165, 1.54) is 6.92 Å². The molecule has 0 radical (unpaired) electrons. The van der Waals surface area contributed by atoms with Crippen LogP contribution in [-0.2, 0) is 4.79 Å². The third kappa shape index (κ3) is 1.94. The van der Waals surface area contributed by atoms with Crippen molar-refractivity contribution < 1.29 is 14.3 Å². The summed E-state index contributed by atoms with van der Waals surface area (Å²) in [5.41, 5.74) is -1.20. The molecule has 1 fully saturated rings. The number of hydrogen-bond donors (Lipinski definition) is 1. The van der Waals surface area contributed by atoms with Crippen LogP contribution in [0.2, 0.25) is 0 Å². The molecule has 1 aliphatic heterocycles. The standard InChI is InChI=1S/C8H14FNO2/c1-6(7(11)12)10-4-3-8(2,9)5-10/h6H,3-5H2,1-2H3,(H,11,12). The quantitative estimate of drug-likeness (QED) is 0.677. The number of halogens is 1. The lowest BCUT2D eigenvalue weighted by Crippen LogP contribution is -2.38. The minimum Gasteiger partial charge on any atom is -0.480 e. The molecule has 0 aromatic heterocycles. The van der Waals surface area contributed by atoms with E-state index in [-0.39, 0.29) is 6.54 Å². The average Bonchev–Trinajstić information content (AvgIpc) is 2.28. The van der Waals surface area contributed by atoms with Gasteiger partial charge in [-0.2, -0.15) is 0 Å². The van der Waals surface area contributed by atoms with Crippen LogP contribution in [0.1, 0.15) is 20.3 Å². The lowest BCUT2D eigenvalue weighted by atomic mass is 10.1. The molecule has 0 saturated carbocycles. The lowest BCUT2D eigenvalue weighted by Gasteiger charge is -2.20. The molecular formula is C8H14FNO2. The van der Waals surface area contributed by atoms with E-state index in [0.717, 1.165) is 0 Å². The van der Waals surface area contributed by atoms with Gasteiger partial charge >= 0.3 is 5.97 Å². The van der Waals surface area contributed by atoms with Crippen LogP contribution in [0.5, 0.6) is 0 Å². The van der Waals surface area contributed by atoms with Crippen LogP contribution < -0.4 is 0 Å². The summed E-state index contributed by atoms with van der Waals surface area (Å²) in [6.45, 7) is 3.88. The first kappa shape index (κ1) is 9.45. The Kier molecular flexibility index (Phi) is 2.37. The summed E-state index contributed by atoms with van der Waals surface area (Å²) in [4.78, 5) is 12.2.